The predicted octanol–water partition coefficient (Wildman–Crippen LogP) is 1.66. The fourth-order valence-electron chi connectivity index (χ4n) is 2.14. The number of carboxylic acids is 1. The molecule has 0 aliphatic heterocycles. The summed E-state index contributed by atoms with van der Waals surface area (Å²) >= 11 is 0. The van der Waals surface area contributed by atoms with Crippen LogP contribution < -0.4 is 0 Å². The lowest BCUT2D eigenvalue weighted by atomic mass is 10.2. The summed E-state index contributed by atoms with van der Waals surface area (Å²) in [5.74, 6) is -1.19. The Morgan fingerprint density at radius 3 is 2.28 bits per heavy atom. The zero-order valence-corrected chi connectivity index (χ0v) is 11.4. The molecule has 0 aromatic heterocycles. The third kappa shape index (κ3) is 5.04. The maximum atomic E-state index is 12.0. The molecule has 104 valence electrons. The van der Waals surface area contributed by atoms with Gasteiger partial charge in [-0.2, -0.15) is 0 Å². The van der Waals surface area contributed by atoms with E-state index in [0.717, 1.165) is 25.7 Å². The molecule has 0 aromatic rings. The Balaban J connectivity index is 2.58. The number of carbonyl (C=O) groups excluding carboxylic acids is 1. The maximum Gasteiger partial charge on any atom is 0.323 e. The molecular formula is C13H23NO4. The van der Waals surface area contributed by atoms with Crippen molar-refractivity contribution in [3.63, 3.8) is 0 Å². The number of rotatable bonds is 5. The van der Waals surface area contributed by atoms with Crippen molar-refractivity contribution in [2.24, 2.45) is 0 Å². The highest BCUT2D eigenvalue weighted by molar-refractivity contribution is 5.82. The number of carbonyl (C=O) groups is 2. The Bertz CT molecular complexity index is 303. The molecule has 5 nitrogen and oxygen atoms in total. The number of hydrogen-bond donors (Lipinski definition) is 1. The fraction of sp³-hybridized carbons (Fsp3) is 0.846. The van der Waals surface area contributed by atoms with Crippen LogP contribution in [0.2, 0.25) is 0 Å². The van der Waals surface area contributed by atoms with Crippen LogP contribution in [-0.4, -0.2) is 46.7 Å². The van der Waals surface area contributed by atoms with Gasteiger partial charge in [0.1, 0.15) is 13.2 Å². The van der Waals surface area contributed by atoms with E-state index in [1.54, 1.807) is 0 Å². The minimum atomic E-state index is -0.967. The normalized spacial score (nSPS) is 16.8. The second-order valence-corrected chi connectivity index (χ2v) is 5.75. The van der Waals surface area contributed by atoms with Gasteiger partial charge in [-0.05, 0) is 33.6 Å². The van der Waals surface area contributed by atoms with Gasteiger partial charge in [-0.15, -0.1) is 0 Å². The Hall–Kier alpha value is -1.10. The third-order valence-electron chi connectivity index (χ3n) is 3.02. The van der Waals surface area contributed by atoms with E-state index in [4.69, 9.17) is 9.84 Å². The average molecular weight is 257 g/mol. The summed E-state index contributed by atoms with van der Waals surface area (Å²) in [6.07, 6.45) is 3.92. The molecule has 5 heteroatoms. The van der Waals surface area contributed by atoms with Gasteiger partial charge in [-0.25, -0.2) is 0 Å². The summed E-state index contributed by atoms with van der Waals surface area (Å²) in [5, 5.41) is 8.89. The number of carboxylic acid groups (broad SMARTS) is 1. The molecule has 1 aliphatic rings. The van der Waals surface area contributed by atoms with Crippen LogP contribution in [0.4, 0.5) is 0 Å². The molecule has 0 spiro atoms. The molecule has 0 radical (unpaired) electrons. The summed E-state index contributed by atoms with van der Waals surface area (Å²) in [4.78, 5) is 24.3. The maximum absolute atomic E-state index is 12.0. The summed E-state index contributed by atoms with van der Waals surface area (Å²) in [5.41, 5.74) is -0.389. The molecule has 1 rings (SSSR count). The van der Waals surface area contributed by atoms with Crippen LogP contribution in [-0.2, 0) is 14.3 Å². The predicted molar refractivity (Wildman–Crippen MR) is 67.3 cm³/mol. The zero-order chi connectivity index (χ0) is 13.8. The van der Waals surface area contributed by atoms with Gasteiger partial charge in [0.15, 0.2) is 0 Å². The molecule has 0 heterocycles. The molecule has 0 atom stereocenters. The van der Waals surface area contributed by atoms with Gasteiger partial charge in [-0.1, -0.05) is 12.8 Å². The lowest BCUT2D eigenvalue weighted by molar-refractivity contribution is -0.151. The van der Waals surface area contributed by atoms with Crippen LogP contribution >= 0.6 is 0 Å². The van der Waals surface area contributed by atoms with Crippen molar-refractivity contribution >= 4 is 11.9 Å². The molecule has 0 bridgehead atoms. The van der Waals surface area contributed by atoms with E-state index in [1.807, 2.05) is 20.8 Å². The first kappa shape index (κ1) is 15.0. The number of aliphatic carboxylic acids is 1. The molecule has 1 N–H and O–H groups in total. The van der Waals surface area contributed by atoms with E-state index in [2.05, 4.69) is 0 Å². The van der Waals surface area contributed by atoms with Gasteiger partial charge in [0.2, 0.25) is 5.91 Å². The van der Waals surface area contributed by atoms with Crippen LogP contribution in [0.15, 0.2) is 0 Å². The molecule has 1 saturated carbocycles. The van der Waals surface area contributed by atoms with Crippen molar-refractivity contribution in [1.82, 2.24) is 4.90 Å². The first-order valence-corrected chi connectivity index (χ1v) is 6.45. The van der Waals surface area contributed by atoms with E-state index in [1.165, 1.54) is 4.90 Å². The Morgan fingerprint density at radius 2 is 1.83 bits per heavy atom. The summed E-state index contributed by atoms with van der Waals surface area (Å²) in [6.45, 7) is 5.34. The van der Waals surface area contributed by atoms with E-state index in [-0.39, 0.29) is 30.7 Å². The van der Waals surface area contributed by atoms with E-state index in [9.17, 15) is 9.59 Å². The summed E-state index contributed by atoms with van der Waals surface area (Å²) in [6, 6.07) is 0.0668. The van der Waals surface area contributed by atoms with E-state index in [0.29, 0.717) is 0 Å². The average Bonchev–Trinajstić information content (AvgIpc) is 2.74. The van der Waals surface area contributed by atoms with Gasteiger partial charge in [-0.3, -0.25) is 9.59 Å². The van der Waals surface area contributed by atoms with Crippen molar-refractivity contribution < 1.29 is 19.4 Å². The highest BCUT2D eigenvalue weighted by atomic mass is 16.5. The van der Waals surface area contributed by atoms with Crippen LogP contribution in [0.1, 0.15) is 46.5 Å². The smallest absolute Gasteiger partial charge is 0.323 e. The van der Waals surface area contributed by atoms with E-state index >= 15 is 0 Å². The van der Waals surface area contributed by atoms with Gasteiger partial charge < -0.3 is 14.7 Å². The molecule has 0 unspecified atom stereocenters. The van der Waals surface area contributed by atoms with Gasteiger partial charge in [0.05, 0.1) is 5.60 Å². The summed E-state index contributed by atoms with van der Waals surface area (Å²) in [7, 11) is 0. The number of amides is 1. The standard InChI is InChI=1S/C13H23NO4/c1-13(2,3)18-9-11(15)14(8-12(16)17)10-6-4-5-7-10/h10H,4-9H2,1-3H3,(H,16,17). The largest absolute Gasteiger partial charge is 0.480 e. The Labute approximate surface area is 108 Å². The van der Waals surface area contributed by atoms with Crippen LogP contribution in [0.5, 0.6) is 0 Å². The molecule has 18 heavy (non-hydrogen) atoms. The molecule has 0 aromatic carbocycles. The first-order valence-electron chi connectivity index (χ1n) is 6.45. The van der Waals surface area contributed by atoms with E-state index < -0.39 is 5.97 Å². The second kappa shape index (κ2) is 6.18. The van der Waals surface area contributed by atoms with Crippen LogP contribution in [0.25, 0.3) is 0 Å². The summed E-state index contributed by atoms with van der Waals surface area (Å²) < 4.78 is 5.43. The fourth-order valence-corrected chi connectivity index (χ4v) is 2.14. The third-order valence-corrected chi connectivity index (χ3v) is 3.02. The number of nitrogens with zero attached hydrogens (tertiary/aromatic N) is 1. The quantitative estimate of drug-likeness (QED) is 0.813. The molecule has 0 saturated heterocycles. The van der Waals surface area contributed by atoms with Crippen LogP contribution in [0, 0.1) is 0 Å². The monoisotopic (exact) mass is 257 g/mol. The first-order chi connectivity index (χ1) is 8.29. The molecule has 1 amide bonds. The number of ether oxygens (including phenoxy) is 1. The van der Waals surface area contributed by atoms with Crippen molar-refractivity contribution in [2.45, 2.75) is 58.1 Å². The van der Waals surface area contributed by atoms with Crippen molar-refractivity contribution in [3.05, 3.63) is 0 Å². The lowest BCUT2D eigenvalue weighted by Crippen LogP contribution is -2.45. The number of hydrogen-bond acceptors (Lipinski definition) is 3. The zero-order valence-electron chi connectivity index (χ0n) is 11.4. The van der Waals surface area contributed by atoms with Crippen LogP contribution in [0.3, 0.4) is 0 Å². The highest BCUT2D eigenvalue weighted by Gasteiger charge is 2.29. The molecule has 1 aliphatic carbocycles. The van der Waals surface area contributed by atoms with Gasteiger partial charge in [0.25, 0.3) is 0 Å². The van der Waals surface area contributed by atoms with Crippen molar-refractivity contribution in [3.8, 4) is 0 Å². The lowest BCUT2D eigenvalue weighted by Gasteiger charge is -2.29. The Morgan fingerprint density at radius 1 is 1.28 bits per heavy atom. The van der Waals surface area contributed by atoms with Crippen molar-refractivity contribution in [2.75, 3.05) is 13.2 Å². The Kier molecular flexibility index (Phi) is 5.14. The van der Waals surface area contributed by atoms with Gasteiger partial charge in [0, 0.05) is 6.04 Å². The second-order valence-electron chi connectivity index (χ2n) is 5.75. The minimum absolute atomic E-state index is 0.0483. The molecular weight excluding hydrogens is 234 g/mol. The molecule has 1 fully saturated rings. The van der Waals surface area contributed by atoms with Crippen molar-refractivity contribution in [1.29, 1.82) is 0 Å². The minimum Gasteiger partial charge on any atom is -0.480 e. The van der Waals surface area contributed by atoms with Gasteiger partial charge >= 0.3 is 5.97 Å². The highest BCUT2D eigenvalue weighted by Crippen LogP contribution is 2.23. The topological polar surface area (TPSA) is 66.8 Å². The SMILES string of the molecule is CC(C)(C)OCC(=O)N(CC(=O)O)C1CCCC1.